The largest absolute Gasteiger partial charge is 0.489 e. The van der Waals surface area contributed by atoms with E-state index in [1.54, 1.807) is 25.1 Å². The van der Waals surface area contributed by atoms with Crippen molar-refractivity contribution in [3.8, 4) is 5.75 Å². The van der Waals surface area contributed by atoms with Gasteiger partial charge in [0.05, 0.1) is 13.2 Å². The highest BCUT2D eigenvalue weighted by molar-refractivity contribution is 5.71. The lowest BCUT2D eigenvalue weighted by atomic mass is 10.3. The molecule has 0 aliphatic rings. The molecule has 0 saturated carbocycles. The number of carbonyl (C=O) groups excluding carboxylic acids is 1. The van der Waals surface area contributed by atoms with Crippen LogP contribution in [0.25, 0.3) is 0 Å². The molecular weight excluding hydrogens is 261 g/mol. The Morgan fingerprint density at radius 2 is 2.00 bits per heavy atom. The monoisotopic (exact) mass is 283 g/mol. The van der Waals surface area contributed by atoms with Crippen LogP contribution in [0.3, 0.4) is 0 Å². The second-order valence-electron chi connectivity index (χ2n) is 4.36. The van der Waals surface area contributed by atoms with Crippen LogP contribution in [0.2, 0.25) is 0 Å². The Balaban J connectivity index is 2.39. The van der Waals surface area contributed by atoms with Gasteiger partial charge in [0.1, 0.15) is 6.61 Å². The topological polar surface area (TPSA) is 38.8 Å². The standard InChI is InChI=1S/C15H22FNO3/c1-3-9-17(12-15(18)19-4-2)10-11-20-14-8-6-5-7-13(14)16/h5-8H,3-4,9-12H2,1-2H3. The van der Waals surface area contributed by atoms with Gasteiger partial charge in [0.2, 0.25) is 0 Å². The lowest BCUT2D eigenvalue weighted by Gasteiger charge is -2.20. The zero-order valence-corrected chi connectivity index (χ0v) is 12.1. The van der Waals surface area contributed by atoms with Crippen molar-refractivity contribution in [2.45, 2.75) is 20.3 Å². The summed E-state index contributed by atoms with van der Waals surface area (Å²) >= 11 is 0. The van der Waals surface area contributed by atoms with Crippen molar-refractivity contribution in [3.05, 3.63) is 30.1 Å². The van der Waals surface area contributed by atoms with Gasteiger partial charge in [0.25, 0.3) is 0 Å². The van der Waals surface area contributed by atoms with E-state index in [1.807, 2.05) is 11.8 Å². The molecule has 0 spiro atoms. The average Bonchev–Trinajstić information content (AvgIpc) is 2.41. The van der Waals surface area contributed by atoms with Gasteiger partial charge in [-0.1, -0.05) is 19.1 Å². The molecule has 0 aliphatic heterocycles. The predicted octanol–water partition coefficient (Wildman–Crippen LogP) is 2.48. The minimum absolute atomic E-state index is 0.236. The van der Waals surface area contributed by atoms with E-state index in [-0.39, 0.29) is 24.1 Å². The number of ether oxygens (including phenoxy) is 2. The number of esters is 1. The maximum absolute atomic E-state index is 13.4. The van der Waals surface area contributed by atoms with Gasteiger partial charge in [0.15, 0.2) is 11.6 Å². The van der Waals surface area contributed by atoms with Crippen LogP contribution in [-0.2, 0) is 9.53 Å². The Morgan fingerprint density at radius 3 is 2.65 bits per heavy atom. The summed E-state index contributed by atoms with van der Waals surface area (Å²) in [7, 11) is 0. The first-order valence-electron chi connectivity index (χ1n) is 6.92. The van der Waals surface area contributed by atoms with Crippen molar-refractivity contribution in [2.24, 2.45) is 0 Å². The Kier molecular flexibility index (Phi) is 7.65. The van der Waals surface area contributed by atoms with Crippen LogP contribution >= 0.6 is 0 Å². The number of halogens is 1. The number of hydrogen-bond acceptors (Lipinski definition) is 4. The molecule has 0 amide bonds. The summed E-state index contributed by atoms with van der Waals surface area (Å²) in [5.41, 5.74) is 0. The number of para-hydroxylation sites is 1. The first kappa shape index (κ1) is 16.4. The molecule has 0 saturated heterocycles. The van der Waals surface area contributed by atoms with Gasteiger partial charge in [-0.3, -0.25) is 9.69 Å². The maximum Gasteiger partial charge on any atom is 0.320 e. The van der Waals surface area contributed by atoms with Crippen LogP contribution in [-0.4, -0.2) is 43.7 Å². The quantitative estimate of drug-likeness (QED) is 0.653. The molecule has 0 atom stereocenters. The third-order valence-corrected chi connectivity index (χ3v) is 2.70. The first-order chi connectivity index (χ1) is 9.67. The van der Waals surface area contributed by atoms with E-state index in [2.05, 4.69) is 0 Å². The maximum atomic E-state index is 13.4. The number of nitrogens with zero attached hydrogens (tertiary/aromatic N) is 1. The van der Waals surface area contributed by atoms with E-state index in [0.717, 1.165) is 13.0 Å². The van der Waals surface area contributed by atoms with Crippen LogP contribution in [0.1, 0.15) is 20.3 Å². The molecule has 0 N–H and O–H groups in total. The van der Waals surface area contributed by atoms with Crippen LogP contribution < -0.4 is 4.74 Å². The molecule has 1 rings (SSSR count). The number of carbonyl (C=O) groups is 1. The van der Waals surface area contributed by atoms with Crippen molar-refractivity contribution in [1.82, 2.24) is 4.90 Å². The Labute approximate surface area is 119 Å². The van der Waals surface area contributed by atoms with Crippen LogP contribution in [0, 0.1) is 5.82 Å². The Bertz CT molecular complexity index is 412. The van der Waals surface area contributed by atoms with Gasteiger partial charge in [-0.2, -0.15) is 0 Å². The third-order valence-electron chi connectivity index (χ3n) is 2.70. The van der Waals surface area contributed by atoms with Crippen LogP contribution in [0.15, 0.2) is 24.3 Å². The van der Waals surface area contributed by atoms with Crippen molar-refractivity contribution in [2.75, 3.05) is 32.8 Å². The lowest BCUT2D eigenvalue weighted by Crippen LogP contribution is -2.35. The number of rotatable bonds is 9. The molecule has 0 aliphatic carbocycles. The number of benzene rings is 1. The van der Waals surface area contributed by atoms with E-state index < -0.39 is 0 Å². The molecule has 0 radical (unpaired) electrons. The molecule has 112 valence electrons. The minimum Gasteiger partial charge on any atom is -0.489 e. The molecule has 20 heavy (non-hydrogen) atoms. The van der Waals surface area contributed by atoms with Crippen molar-refractivity contribution in [3.63, 3.8) is 0 Å². The molecule has 0 bridgehead atoms. The van der Waals surface area contributed by atoms with Crippen molar-refractivity contribution >= 4 is 5.97 Å². The van der Waals surface area contributed by atoms with Crippen molar-refractivity contribution in [1.29, 1.82) is 0 Å². The highest BCUT2D eigenvalue weighted by Gasteiger charge is 2.11. The lowest BCUT2D eigenvalue weighted by molar-refractivity contribution is -0.144. The van der Waals surface area contributed by atoms with E-state index >= 15 is 0 Å². The van der Waals surface area contributed by atoms with E-state index in [4.69, 9.17) is 9.47 Å². The summed E-state index contributed by atoms with van der Waals surface area (Å²) in [4.78, 5) is 13.4. The fourth-order valence-electron chi connectivity index (χ4n) is 1.82. The molecule has 0 unspecified atom stereocenters. The molecule has 1 aromatic carbocycles. The highest BCUT2D eigenvalue weighted by Crippen LogP contribution is 2.15. The van der Waals surface area contributed by atoms with Gasteiger partial charge in [-0.15, -0.1) is 0 Å². The summed E-state index contributed by atoms with van der Waals surface area (Å²) in [6.07, 6.45) is 0.930. The summed E-state index contributed by atoms with van der Waals surface area (Å²) < 4.78 is 23.7. The van der Waals surface area contributed by atoms with Gasteiger partial charge in [0, 0.05) is 6.54 Å². The fourth-order valence-corrected chi connectivity index (χ4v) is 1.82. The summed E-state index contributed by atoms with van der Waals surface area (Å²) in [6.45, 7) is 6.10. The molecule has 4 nitrogen and oxygen atoms in total. The number of hydrogen-bond donors (Lipinski definition) is 0. The van der Waals surface area contributed by atoms with Gasteiger partial charge in [-0.25, -0.2) is 4.39 Å². The zero-order chi connectivity index (χ0) is 14.8. The zero-order valence-electron chi connectivity index (χ0n) is 12.1. The average molecular weight is 283 g/mol. The molecule has 1 aromatic rings. The van der Waals surface area contributed by atoms with E-state index in [9.17, 15) is 9.18 Å². The Hall–Kier alpha value is -1.62. The summed E-state index contributed by atoms with van der Waals surface area (Å²) in [6, 6.07) is 6.29. The second-order valence-corrected chi connectivity index (χ2v) is 4.36. The van der Waals surface area contributed by atoms with Crippen LogP contribution in [0.5, 0.6) is 5.75 Å². The smallest absolute Gasteiger partial charge is 0.320 e. The second kappa shape index (κ2) is 9.31. The Morgan fingerprint density at radius 1 is 1.25 bits per heavy atom. The molecule has 0 aromatic heterocycles. The molecule has 5 heteroatoms. The third kappa shape index (κ3) is 6.02. The highest BCUT2D eigenvalue weighted by atomic mass is 19.1. The normalized spacial score (nSPS) is 10.6. The predicted molar refractivity (Wildman–Crippen MR) is 75.3 cm³/mol. The van der Waals surface area contributed by atoms with Gasteiger partial charge in [-0.05, 0) is 32.0 Å². The summed E-state index contributed by atoms with van der Waals surface area (Å²) in [5, 5.41) is 0. The van der Waals surface area contributed by atoms with Crippen LogP contribution in [0.4, 0.5) is 4.39 Å². The fraction of sp³-hybridized carbons (Fsp3) is 0.533. The van der Waals surface area contributed by atoms with E-state index in [1.165, 1.54) is 6.07 Å². The first-order valence-corrected chi connectivity index (χ1v) is 6.92. The summed E-state index contributed by atoms with van der Waals surface area (Å²) in [5.74, 6) is -0.383. The molecule has 0 heterocycles. The minimum atomic E-state index is -0.375. The molecule has 0 fully saturated rings. The van der Waals surface area contributed by atoms with Gasteiger partial charge < -0.3 is 9.47 Å². The molecular formula is C15H22FNO3. The SMILES string of the molecule is CCCN(CCOc1ccccc1F)CC(=O)OCC. The van der Waals surface area contributed by atoms with Crippen molar-refractivity contribution < 1.29 is 18.7 Å². The van der Waals surface area contributed by atoms with E-state index in [0.29, 0.717) is 19.8 Å². The van der Waals surface area contributed by atoms with Gasteiger partial charge >= 0.3 is 5.97 Å².